The van der Waals surface area contributed by atoms with Crippen LogP contribution in [0.5, 0.6) is 5.75 Å². The van der Waals surface area contributed by atoms with Crippen molar-refractivity contribution < 1.29 is 21.0 Å². The quantitative estimate of drug-likeness (QED) is 0.734. The number of hydrogen-bond donors (Lipinski definition) is 0. The molecule has 0 aliphatic carbocycles. The van der Waals surface area contributed by atoms with Gasteiger partial charge in [0.2, 0.25) is 10.0 Å². The molecule has 0 unspecified atom stereocenters. The van der Waals surface area contributed by atoms with E-state index in [4.69, 9.17) is 15.8 Å². The van der Waals surface area contributed by atoms with Gasteiger partial charge in [-0.15, -0.1) is 0 Å². The summed E-state index contributed by atoms with van der Waals surface area (Å²) in [5.74, 6) is 0.0952. The topological polar surface area (TPSA) is 80.8 Å². The Balaban J connectivity index is 2.41. The van der Waals surface area contributed by atoms with Gasteiger partial charge in [0.25, 0.3) is 0 Å². The molecule has 130 valence electrons. The van der Waals surface area contributed by atoms with E-state index in [0.29, 0.717) is 10.6 Å². The van der Waals surface area contributed by atoms with E-state index in [0.717, 1.165) is 10.4 Å². The first kappa shape index (κ1) is 18.7. The predicted octanol–water partition coefficient (Wildman–Crippen LogP) is 2.67. The van der Waals surface area contributed by atoms with Crippen molar-refractivity contribution >= 4 is 31.7 Å². The summed E-state index contributed by atoms with van der Waals surface area (Å²) in [6.07, 6.45) is 0. The average Bonchev–Trinajstić information content (AvgIpc) is 2.50. The molecule has 0 saturated carbocycles. The van der Waals surface area contributed by atoms with E-state index >= 15 is 0 Å². The summed E-state index contributed by atoms with van der Waals surface area (Å²) < 4.78 is 55.1. The second-order valence-corrected chi connectivity index (χ2v) is 9.32. The molecule has 2 aromatic carbocycles. The molecule has 9 heteroatoms. The van der Waals surface area contributed by atoms with Gasteiger partial charge in [-0.25, -0.2) is 12.7 Å². The van der Waals surface area contributed by atoms with Crippen molar-refractivity contribution in [2.45, 2.75) is 16.7 Å². The maximum atomic E-state index is 12.4. The van der Waals surface area contributed by atoms with Crippen LogP contribution in [-0.2, 0) is 20.1 Å². The average molecular weight is 390 g/mol. The van der Waals surface area contributed by atoms with Gasteiger partial charge in [-0.05, 0) is 48.9 Å². The fraction of sp³-hybridized carbons (Fsp3) is 0.200. The van der Waals surface area contributed by atoms with Crippen molar-refractivity contribution in [3.05, 3.63) is 53.1 Å². The molecule has 0 aliphatic heterocycles. The van der Waals surface area contributed by atoms with E-state index in [-0.39, 0.29) is 15.5 Å². The molecule has 0 aliphatic rings. The molecule has 0 bridgehead atoms. The first-order chi connectivity index (χ1) is 11.0. The molecule has 0 fully saturated rings. The first-order valence-corrected chi connectivity index (χ1v) is 10.00. The zero-order valence-corrected chi connectivity index (χ0v) is 15.6. The third kappa shape index (κ3) is 3.89. The van der Waals surface area contributed by atoms with Gasteiger partial charge >= 0.3 is 10.1 Å². The largest absolute Gasteiger partial charge is 0.379 e. The van der Waals surface area contributed by atoms with Crippen molar-refractivity contribution in [3.63, 3.8) is 0 Å². The van der Waals surface area contributed by atoms with Gasteiger partial charge in [-0.1, -0.05) is 17.7 Å². The molecule has 0 saturated heterocycles. The van der Waals surface area contributed by atoms with Gasteiger partial charge in [0.15, 0.2) is 0 Å². The summed E-state index contributed by atoms with van der Waals surface area (Å²) in [7, 11) is -5.20. The summed E-state index contributed by atoms with van der Waals surface area (Å²) >= 11 is 5.89. The Labute approximate surface area is 146 Å². The number of hydrogen-bond acceptors (Lipinski definition) is 5. The van der Waals surface area contributed by atoms with Gasteiger partial charge in [0.05, 0.1) is 4.90 Å². The van der Waals surface area contributed by atoms with Gasteiger partial charge < -0.3 is 4.18 Å². The monoisotopic (exact) mass is 389 g/mol. The molecule has 0 spiro atoms. The Bertz CT molecular complexity index is 969. The Kier molecular flexibility index (Phi) is 5.24. The molecule has 0 N–H and O–H groups in total. The molecule has 0 radical (unpaired) electrons. The lowest BCUT2D eigenvalue weighted by Gasteiger charge is -2.13. The van der Waals surface area contributed by atoms with Crippen LogP contribution >= 0.6 is 11.6 Å². The third-order valence-corrected chi connectivity index (χ3v) is 6.69. The van der Waals surface area contributed by atoms with Crippen molar-refractivity contribution in [1.82, 2.24) is 4.31 Å². The second-order valence-electron chi connectivity index (χ2n) is 5.21. The summed E-state index contributed by atoms with van der Waals surface area (Å²) in [6, 6.07) is 9.43. The Morgan fingerprint density at radius 1 is 0.958 bits per heavy atom. The molecule has 2 rings (SSSR count). The Morgan fingerprint density at radius 3 is 2.17 bits per heavy atom. The number of aryl methyl sites for hydroxylation is 1. The lowest BCUT2D eigenvalue weighted by molar-refractivity contribution is 0.485. The minimum atomic E-state index is -4.18. The number of halogens is 1. The number of nitrogens with zero attached hydrogens (tertiary/aromatic N) is 1. The van der Waals surface area contributed by atoms with Gasteiger partial charge in [-0.2, -0.15) is 8.42 Å². The van der Waals surface area contributed by atoms with Crippen LogP contribution in [0.3, 0.4) is 0 Å². The third-order valence-electron chi connectivity index (χ3n) is 3.21. The predicted molar refractivity (Wildman–Crippen MR) is 91.3 cm³/mol. The smallest absolute Gasteiger partial charge is 0.339 e. The maximum Gasteiger partial charge on any atom is 0.339 e. The highest BCUT2D eigenvalue weighted by Crippen LogP contribution is 2.25. The first-order valence-electron chi connectivity index (χ1n) is 6.77. The van der Waals surface area contributed by atoms with Crippen molar-refractivity contribution in [2.75, 3.05) is 14.1 Å². The zero-order chi connectivity index (χ0) is 18.1. The van der Waals surface area contributed by atoms with Crippen LogP contribution in [0.1, 0.15) is 5.56 Å². The number of benzene rings is 2. The standard InChI is InChI=1S/C15H16ClNO5S2/c1-11-9-12(7-8-15(11)16)22-24(20,21)14-6-4-5-13(10-14)23(18,19)17(2)3/h4-10H,1-3H3. The fourth-order valence-corrected chi connectivity index (χ4v) is 3.95. The van der Waals surface area contributed by atoms with Crippen molar-refractivity contribution in [1.29, 1.82) is 0 Å². The zero-order valence-electron chi connectivity index (χ0n) is 13.2. The highest BCUT2D eigenvalue weighted by atomic mass is 35.5. The molecule has 24 heavy (non-hydrogen) atoms. The Hall–Kier alpha value is -1.61. The van der Waals surface area contributed by atoms with E-state index < -0.39 is 20.1 Å². The van der Waals surface area contributed by atoms with E-state index in [1.54, 1.807) is 6.92 Å². The van der Waals surface area contributed by atoms with Crippen LogP contribution in [0.2, 0.25) is 5.02 Å². The SMILES string of the molecule is Cc1cc(OS(=O)(=O)c2cccc(S(=O)(=O)N(C)C)c2)ccc1Cl. The normalized spacial score (nSPS) is 12.4. The highest BCUT2D eigenvalue weighted by Gasteiger charge is 2.22. The molecule has 0 atom stereocenters. The van der Waals surface area contributed by atoms with Crippen LogP contribution < -0.4 is 4.18 Å². The summed E-state index contributed by atoms with van der Waals surface area (Å²) in [5.41, 5.74) is 0.660. The van der Waals surface area contributed by atoms with Crippen LogP contribution in [0.25, 0.3) is 0 Å². The van der Waals surface area contributed by atoms with Crippen LogP contribution in [0, 0.1) is 6.92 Å². The van der Waals surface area contributed by atoms with Gasteiger partial charge in [0.1, 0.15) is 10.6 Å². The lowest BCUT2D eigenvalue weighted by Crippen LogP contribution is -2.22. The summed E-state index contributed by atoms with van der Waals surface area (Å²) in [6.45, 7) is 1.71. The minimum Gasteiger partial charge on any atom is -0.379 e. The fourth-order valence-electron chi connectivity index (χ4n) is 1.84. The molecule has 0 amide bonds. The van der Waals surface area contributed by atoms with Crippen LogP contribution in [0.15, 0.2) is 52.3 Å². The molecule has 0 aromatic heterocycles. The summed E-state index contributed by atoms with van der Waals surface area (Å²) in [5, 5.41) is 0.485. The van der Waals surface area contributed by atoms with E-state index in [1.165, 1.54) is 50.5 Å². The summed E-state index contributed by atoms with van der Waals surface area (Å²) in [4.78, 5) is -0.387. The molecular weight excluding hydrogens is 374 g/mol. The van der Waals surface area contributed by atoms with Crippen LogP contribution in [-0.4, -0.2) is 35.2 Å². The van der Waals surface area contributed by atoms with E-state index in [2.05, 4.69) is 0 Å². The molecule has 0 heterocycles. The second kappa shape index (κ2) is 6.72. The molecule has 6 nitrogen and oxygen atoms in total. The van der Waals surface area contributed by atoms with Crippen molar-refractivity contribution in [2.24, 2.45) is 0 Å². The van der Waals surface area contributed by atoms with Gasteiger partial charge in [0, 0.05) is 19.1 Å². The van der Waals surface area contributed by atoms with E-state index in [9.17, 15) is 16.8 Å². The van der Waals surface area contributed by atoms with Crippen molar-refractivity contribution in [3.8, 4) is 5.75 Å². The highest BCUT2D eigenvalue weighted by molar-refractivity contribution is 7.89. The van der Waals surface area contributed by atoms with Gasteiger partial charge in [-0.3, -0.25) is 0 Å². The minimum absolute atomic E-state index is 0.0952. The van der Waals surface area contributed by atoms with Crippen LogP contribution in [0.4, 0.5) is 0 Å². The number of sulfonamides is 1. The molecule has 2 aromatic rings. The Morgan fingerprint density at radius 2 is 1.58 bits per heavy atom. The van der Waals surface area contributed by atoms with E-state index in [1.807, 2.05) is 0 Å². The lowest BCUT2D eigenvalue weighted by atomic mass is 10.2. The number of rotatable bonds is 5. The maximum absolute atomic E-state index is 12.4. The molecular formula is C15H16ClNO5S2.